The molecule has 0 rings (SSSR count). The van der Waals surface area contributed by atoms with Crippen molar-refractivity contribution in [3.63, 3.8) is 0 Å². The fourth-order valence-corrected chi connectivity index (χ4v) is 3.58. The van der Waals surface area contributed by atoms with Crippen molar-refractivity contribution in [2.45, 2.75) is 116 Å². The number of hydrogen-bond donors (Lipinski definition) is 2. The third kappa shape index (κ3) is 23.5. The Hall–Kier alpha value is -0.950. The number of rotatable bonds is 21. The van der Waals surface area contributed by atoms with E-state index in [1.807, 2.05) is 0 Å². The van der Waals surface area contributed by atoms with Crippen LogP contribution in [-0.2, 0) is 28.2 Å². The van der Waals surface area contributed by atoms with Gasteiger partial charge in [0, 0.05) is 13.3 Å². The third-order valence-corrected chi connectivity index (χ3v) is 5.42. The van der Waals surface area contributed by atoms with E-state index in [0.29, 0.717) is 6.42 Å². The van der Waals surface area contributed by atoms with E-state index < -0.39 is 32.5 Å². The first-order valence-electron chi connectivity index (χ1n) is 11.8. The molecule has 0 aromatic heterocycles. The number of carbonyl (C=O) groups is 2. The predicted octanol–water partition coefficient (Wildman–Crippen LogP) is 5.44. The first kappa shape index (κ1) is 30.0. The minimum Gasteiger partial charge on any atom is -0.462 e. The van der Waals surface area contributed by atoms with Crippen LogP contribution in [0.5, 0.6) is 0 Å². The second kappa shape index (κ2) is 19.7. The first-order valence-corrected chi connectivity index (χ1v) is 13.3. The van der Waals surface area contributed by atoms with E-state index in [0.717, 1.165) is 19.3 Å². The van der Waals surface area contributed by atoms with E-state index in [1.54, 1.807) is 0 Å². The quantitative estimate of drug-likeness (QED) is 0.130. The van der Waals surface area contributed by atoms with Crippen molar-refractivity contribution < 1.29 is 37.9 Å². The average molecular weight is 467 g/mol. The molecule has 2 N–H and O–H groups in total. The van der Waals surface area contributed by atoms with E-state index in [-0.39, 0.29) is 13.0 Å². The van der Waals surface area contributed by atoms with E-state index in [1.165, 1.54) is 71.1 Å². The van der Waals surface area contributed by atoms with Gasteiger partial charge in [0.2, 0.25) is 0 Å². The molecule has 0 spiro atoms. The number of phosphoric ester groups is 1. The van der Waals surface area contributed by atoms with Crippen molar-refractivity contribution in [1.82, 2.24) is 0 Å². The summed E-state index contributed by atoms with van der Waals surface area (Å²) in [5.74, 6) is -1.07. The molecule has 1 atom stereocenters. The molecule has 0 aromatic rings. The van der Waals surface area contributed by atoms with Crippen molar-refractivity contribution >= 4 is 19.8 Å². The second-order valence-electron chi connectivity index (χ2n) is 8.05. The number of unbranched alkanes of at least 4 members (excludes halogenated alkanes) is 13. The summed E-state index contributed by atoms with van der Waals surface area (Å²) >= 11 is 0. The van der Waals surface area contributed by atoms with E-state index in [2.05, 4.69) is 11.4 Å². The Labute approximate surface area is 187 Å². The van der Waals surface area contributed by atoms with Crippen LogP contribution in [0, 0.1) is 0 Å². The fraction of sp³-hybridized carbons (Fsp3) is 0.909. The topological polar surface area (TPSA) is 119 Å². The van der Waals surface area contributed by atoms with Gasteiger partial charge in [0.05, 0.1) is 6.61 Å². The summed E-state index contributed by atoms with van der Waals surface area (Å²) in [6.07, 6.45) is 16.3. The van der Waals surface area contributed by atoms with Gasteiger partial charge in [-0.25, -0.2) is 4.57 Å². The summed E-state index contributed by atoms with van der Waals surface area (Å²) in [6.45, 7) is 2.59. The van der Waals surface area contributed by atoms with Gasteiger partial charge in [-0.15, -0.1) is 0 Å². The molecule has 9 heteroatoms. The molecule has 0 aliphatic carbocycles. The van der Waals surface area contributed by atoms with Crippen LogP contribution >= 0.6 is 7.82 Å². The lowest BCUT2D eigenvalue weighted by Gasteiger charge is -2.18. The minimum absolute atomic E-state index is 0.213. The number of esters is 2. The van der Waals surface area contributed by atoms with Crippen molar-refractivity contribution in [3.05, 3.63) is 0 Å². The van der Waals surface area contributed by atoms with E-state index >= 15 is 0 Å². The van der Waals surface area contributed by atoms with Gasteiger partial charge in [0.1, 0.15) is 6.61 Å². The molecule has 0 heterocycles. The molecule has 8 nitrogen and oxygen atoms in total. The molecule has 0 saturated heterocycles. The molecule has 184 valence electrons. The Bertz CT molecular complexity index is 506. The largest absolute Gasteiger partial charge is 0.469 e. The highest BCUT2D eigenvalue weighted by atomic mass is 31.2. The lowest BCUT2D eigenvalue weighted by Crippen LogP contribution is -2.29. The minimum atomic E-state index is -4.69. The Morgan fingerprint density at radius 3 is 1.65 bits per heavy atom. The van der Waals surface area contributed by atoms with Crippen LogP contribution in [0.4, 0.5) is 0 Å². The van der Waals surface area contributed by atoms with Gasteiger partial charge in [0.25, 0.3) is 0 Å². The molecule has 0 aliphatic rings. The molecule has 0 fully saturated rings. The Balaban J connectivity index is 3.70. The highest BCUT2D eigenvalue weighted by molar-refractivity contribution is 7.46. The van der Waals surface area contributed by atoms with Crippen LogP contribution in [0.3, 0.4) is 0 Å². The standard InChI is InChI=1S/C22H43O8P/c1-3-4-5-6-7-8-9-10-11-12-13-14-15-16-17-22(24)30-21(18-28-20(2)23)19-29-31(25,26)27/h21H,3-19H2,1-2H3,(H2,25,26,27). The van der Waals surface area contributed by atoms with Gasteiger partial charge in [0.15, 0.2) is 6.10 Å². The van der Waals surface area contributed by atoms with Crippen LogP contribution < -0.4 is 0 Å². The maximum absolute atomic E-state index is 11.9. The molecular weight excluding hydrogens is 423 g/mol. The van der Waals surface area contributed by atoms with Crippen LogP contribution in [0.15, 0.2) is 0 Å². The van der Waals surface area contributed by atoms with Crippen molar-refractivity contribution in [2.24, 2.45) is 0 Å². The van der Waals surface area contributed by atoms with Crippen molar-refractivity contribution in [1.29, 1.82) is 0 Å². The third-order valence-electron chi connectivity index (χ3n) is 4.93. The summed E-state index contributed by atoms with van der Waals surface area (Å²) in [5.41, 5.74) is 0. The SMILES string of the molecule is CCCCCCCCCCCCCCCCC(=O)OC(COC(C)=O)COP(=O)(O)O. The van der Waals surface area contributed by atoms with Gasteiger partial charge in [-0.1, -0.05) is 90.4 Å². The molecule has 0 radical (unpaired) electrons. The number of ether oxygens (including phenoxy) is 2. The van der Waals surface area contributed by atoms with Crippen LogP contribution in [0.1, 0.15) is 110 Å². The maximum atomic E-state index is 11.9. The summed E-state index contributed by atoms with van der Waals surface area (Å²) in [5, 5.41) is 0. The number of hydrogen-bond acceptors (Lipinski definition) is 6. The van der Waals surface area contributed by atoms with E-state index in [9.17, 15) is 14.2 Å². The van der Waals surface area contributed by atoms with Gasteiger partial charge < -0.3 is 19.3 Å². The number of carbonyl (C=O) groups excluding carboxylic acids is 2. The lowest BCUT2D eigenvalue weighted by atomic mass is 10.0. The van der Waals surface area contributed by atoms with Gasteiger partial charge >= 0.3 is 19.8 Å². The van der Waals surface area contributed by atoms with Gasteiger partial charge in [-0.2, -0.15) is 0 Å². The van der Waals surface area contributed by atoms with Crippen LogP contribution in [-0.4, -0.2) is 41.0 Å². The summed E-state index contributed by atoms with van der Waals surface area (Å²) in [4.78, 5) is 40.4. The molecule has 1 unspecified atom stereocenters. The zero-order chi connectivity index (χ0) is 23.4. The van der Waals surface area contributed by atoms with Crippen molar-refractivity contribution in [2.75, 3.05) is 13.2 Å². The smallest absolute Gasteiger partial charge is 0.462 e. The number of phosphoric acid groups is 1. The molecule has 0 aromatic carbocycles. The zero-order valence-electron chi connectivity index (χ0n) is 19.4. The molecule has 0 aliphatic heterocycles. The van der Waals surface area contributed by atoms with Crippen molar-refractivity contribution in [3.8, 4) is 0 Å². The zero-order valence-corrected chi connectivity index (χ0v) is 20.3. The summed E-state index contributed by atoms with van der Waals surface area (Å²) in [6, 6.07) is 0. The van der Waals surface area contributed by atoms with E-state index in [4.69, 9.17) is 19.3 Å². The highest BCUT2D eigenvalue weighted by Crippen LogP contribution is 2.35. The Kier molecular flexibility index (Phi) is 19.1. The normalized spacial score (nSPS) is 12.5. The molecule has 31 heavy (non-hydrogen) atoms. The molecule has 0 bridgehead atoms. The van der Waals surface area contributed by atoms with Gasteiger partial charge in [-0.05, 0) is 6.42 Å². The first-order chi connectivity index (χ1) is 14.7. The van der Waals surface area contributed by atoms with Gasteiger partial charge in [-0.3, -0.25) is 14.1 Å². The Morgan fingerprint density at radius 1 is 0.774 bits per heavy atom. The predicted molar refractivity (Wildman–Crippen MR) is 119 cm³/mol. The monoisotopic (exact) mass is 466 g/mol. The summed E-state index contributed by atoms with van der Waals surface area (Å²) < 4.78 is 25.0. The summed E-state index contributed by atoms with van der Waals surface area (Å²) in [7, 11) is -4.69. The maximum Gasteiger partial charge on any atom is 0.469 e. The fourth-order valence-electron chi connectivity index (χ4n) is 3.22. The highest BCUT2D eigenvalue weighted by Gasteiger charge is 2.22. The molecule has 0 saturated carbocycles. The second-order valence-corrected chi connectivity index (χ2v) is 9.29. The van der Waals surface area contributed by atoms with Crippen LogP contribution in [0.2, 0.25) is 0 Å². The van der Waals surface area contributed by atoms with Crippen LogP contribution in [0.25, 0.3) is 0 Å². The average Bonchev–Trinajstić information content (AvgIpc) is 2.69. The lowest BCUT2D eigenvalue weighted by molar-refractivity contribution is -0.160. The Morgan fingerprint density at radius 2 is 1.23 bits per heavy atom. The molecular formula is C22H43O8P. The molecule has 0 amide bonds.